The Morgan fingerprint density at radius 3 is 2.68 bits per heavy atom. The van der Waals surface area contributed by atoms with Gasteiger partial charge in [0.1, 0.15) is 5.82 Å². The van der Waals surface area contributed by atoms with Gasteiger partial charge in [-0.2, -0.15) is 9.78 Å². The summed E-state index contributed by atoms with van der Waals surface area (Å²) in [5.41, 5.74) is 1.09. The monoisotopic (exact) mass is 255 g/mol. The Morgan fingerprint density at radius 2 is 1.95 bits per heavy atom. The standard InChI is InChI=1S/C14H10FN3O/c15-11-5-3-4-10(8-11)12-9-14(19)18(17-12)13-6-1-2-7-16-13/h1-9,19H. The van der Waals surface area contributed by atoms with Crippen LogP contribution in [0, 0.1) is 5.82 Å². The van der Waals surface area contributed by atoms with Crippen LogP contribution >= 0.6 is 0 Å². The summed E-state index contributed by atoms with van der Waals surface area (Å²) in [5.74, 6) is 0.116. The van der Waals surface area contributed by atoms with Gasteiger partial charge >= 0.3 is 0 Å². The molecule has 3 aromatic rings. The van der Waals surface area contributed by atoms with Gasteiger partial charge in [-0.25, -0.2) is 9.37 Å². The molecular formula is C14H10FN3O. The Labute approximate surface area is 108 Å². The molecule has 2 heterocycles. The van der Waals surface area contributed by atoms with E-state index in [9.17, 15) is 9.50 Å². The van der Waals surface area contributed by atoms with Crippen LogP contribution < -0.4 is 0 Å². The molecule has 4 nitrogen and oxygen atoms in total. The predicted octanol–water partition coefficient (Wildman–Crippen LogP) is 2.78. The number of rotatable bonds is 2. The summed E-state index contributed by atoms with van der Waals surface area (Å²) >= 11 is 0. The summed E-state index contributed by atoms with van der Waals surface area (Å²) in [5, 5.41) is 14.1. The van der Waals surface area contributed by atoms with Crippen LogP contribution in [0.25, 0.3) is 17.1 Å². The van der Waals surface area contributed by atoms with Gasteiger partial charge in [0.15, 0.2) is 5.82 Å². The third-order valence-corrected chi connectivity index (χ3v) is 2.68. The molecule has 0 saturated carbocycles. The third-order valence-electron chi connectivity index (χ3n) is 2.68. The summed E-state index contributed by atoms with van der Waals surface area (Å²) in [6, 6.07) is 12.8. The van der Waals surface area contributed by atoms with Gasteiger partial charge in [-0.3, -0.25) is 0 Å². The SMILES string of the molecule is Oc1cc(-c2cccc(F)c2)nn1-c1ccccn1. The number of hydrogen-bond donors (Lipinski definition) is 1. The normalized spacial score (nSPS) is 10.6. The quantitative estimate of drug-likeness (QED) is 0.766. The maximum atomic E-state index is 13.2. The summed E-state index contributed by atoms with van der Waals surface area (Å²) in [7, 11) is 0. The fourth-order valence-corrected chi connectivity index (χ4v) is 1.81. The molecule has 1 N–H and O–H groups in total. The van der Waals surface area contributed by atoms with E-state index >= 15 is 0 Å². The summed E-state index contributed by atoms with van der Waals surface area (Å²) < 4.78 is 14.5. The van der Waals surface area contributed by atoms with Crippen molar-refractivity contribution in [3.8, 4) is 23.0 Å². The summed E-state index contributed by atoms with van der Waals surface area (Å²) in [6.07, 6.45) is 1.61. The molecular weight excluding hydrogens is 245 g/mol. The van der Waals surface area contributed by atoms with Crippen molar-refractivity contribution in [2.75, 3.05) is 0 Å². The zero-order valence-electron chi connectivity index (χ0n) is 9.86. The molecule has 2 aromatic heterocycles. The second kappa shape index (κ2) is 4.53. The van der Waals surface area contributed by atoms with E-state index in [1.54, 1.807) is 36.5 Å². The molecule has 0 fully saturated rings. The minimum Gasteiger partial charge on any atom is -0.493 e. The van der Waals surface area contributed by atoms with Crippen LogP contribution in [-0.2, 0) is 0 Å². The number of nitrogens with zero attached hydrogens (tertiary/aromatic N) is 3. The lowest BCUT2D eigenvalue weighted by atomic mass is 10.1. The lowest BCUT2D eigenvalue weighted by Crippen LogP contribution is -1.98. The number of benzene rings is 1. The number of aromatic nitrogens is 3. The van der Waals surface area contributed by atoms with Gasteiger partial charge in [0.2, 0.25) is 5.88 Å². The highest BCUT2D eigenvalue weighted by atomic mass is 19.1. The van der Waals surface area contributed by atoms with Crippen LogP contribution in [0.2, 0.25) is 0 Å². The number of halogens is 1. The summed E-state index contributed by atoms with van der Waals surface area (Å²) in [6.45, 7) is 0. The van der Waals surface area contributed by atoms with Crippen molar-refractivity contribution in [3.63, 3.8) is 0 Å². The van der Waals surface area contributed by atoms with E-state index in [0.717, 1.165) is 0 Å². The van der Waals surface area contributed by atoms with E-state index in [-0.39, 0.29) is 11.7 Å². The lowest BCUT2D eigenvalue weighted by molar-refractivity contribution is 0.432. The van der Waals surface area contributed by atoms with Crippen molar-refractivity contribution in [2.24, 2.45) is 0 Å². The van der Waals surface area contributed by atoms with E-state index in [1.807, 2.05) is 0 Å². The third kappa shape index (κ3) is 2.18. The first-order valence-electron chi connectivity index (χ1n) is 5.70. The van der Waals surface area contributed by atoms with Crippen LogP contribution in [0.3, 0.4) is 0 Å². The second-order valence-electron chi connectivity index (χ2n) is 4.00. The summed E-state index contributed by atoms with van der Waals surface area (Å²) in [4.78, 5) is 4.10. The van der Waals surface area contributed by atoms with Crippen LogP contribution in [0.1, 0.15) is 0 Å². The second-order valence-corrected chi connectivity index (χ2v) is 4.00. The van der Waals surface area contributed by atoms with Crippen molar-refractivity contribution in [1.82, 2.24) is 14.8 Å². The van der Waals surface area contributed by atoms with Gasteiger partial charge in [-0.1, -0.05) is 18.2 Å². The molecule has 3 rings (SSSR count). The maximum Gasteiger partial charge on any atom is 0.216 e. The highest BCUT2D eigenvalue weighted by Gasteiger charge is 2.11. The van der Waals surface area contributed by atoms with Gasteiger partial charge in [0.05, 0.1) is 5.69 Å². The molecule has 94 valence electrons. The van der Waals surface area contributed by atoms with Gasteiger partial charge < -0.3 is 5.11 Å². The van der Waals surface area contributed by atoms with E-state index in [1.165, 1.54) is 22.9 Å². The minimum atomic E-state index is -0.343. The minimum absolute atomic E-state index is 0.0436. The molecule has 0 atom stereocenters. The van der Waals surface area contributed by atoms with Crippen molar-refractivity contribution in [1.29, 1.82) is 0 Å². The largest absolute Gasteiger partial charge is 0.493 e. The maximum absolute atomic E-state index is 13.2. The van der Waals surface area contributed by atoms with Crippen molar-refractivity contribution in [3.05, 3.63) is 60.5 Å². The molecule has 0 saturated heterocycles. The van der Waals surface area contributed by atoms with Gasteiger partial charge in [0.25, 0.3) is 0 Å². The van der Waals surface area contributed by atoms with Crippen molar-refractivity contribution >= 4 is 0 Å². The lowest BCUT2D eigenvalue weighted by Gasteiger charge is -2.00. The topological polar surface area (TPSA) is 50.9 Å². The van der Waals surface area contributed by atoms with E-state index in [0.29, 0.717) is 17.1 Å². The average Bonchev–Trinajstić information content (AvgIpc) is 2.82. The molecule has 5 heteroatoms. The molecule has 1 aromatic carbocycles. The molecule has 0 aliphatic carbocycles. The number of pyridine rings is 1. The molecule has 19 heavy (non-hydrogen) atoms. The Balaban J connectivity index is 2.07. The van der Waals surface area contributed by atoms with E-state index < -0.39 is 0 Å². The number of hydrogen-bond acceptors (Lipinski definition) is 3. The molecule has 0 radical (unpaired) electrons. The average molecular weight is 255 g/mol. The molecule has 0 spiro atoms. The molecule has 0 aliphatic rings. The van der Waals surface area contributed by atoms with E-state index in [2.05, 4.69) is 10.1 Å². The highest BCUT2D eigenvalue weighted by Crippen LogP contribution is 2.24. The zero-order valence-corrected chi connectivity index (χ0v) is 9.86. The molecule has 0 bridgehead atoms. The number of aromatic hydroxyl groups is 1. The van der Waals surface area contributed by atoms with Crippen molar-refractivity contribution in [2.45, 2.75) is 0 Å². The molecule has 0 amide bonds. The van der Waals surface area contributed by atoms with Gasteiger partial charge in [0, 0.05) is 17.8 Å². The van der Waals surface area contributed by atoms with E-state index in [4.69, 9.17) is 0 Å². The Bertz CT molecular complexity index is 710. The fourth-order valence-electron chi connectivity index (χ4n) is 1.81. The highest BCUT2D eigenvalue weighted by molar-refractivity contribution is 5.60. The fraction of sp³-hybridized carbons (Fsp3) is 0. The molecule has 0 unspecified atom stereocenters. The molecule has 0 aliphatic heterocycles. The van der Waals surface area contributed by atoms with Crippen LogP contribution in [-0.4, -0.2) is 19.9 Å². The van der Waals surface area contributed by atoms with Crippen LogP contribution in [0.15, 0.2) is 54.7 Å². The predicted molar refractivity (Wildman–Crippen MR) is 68.4 cm³/mol. The Hall–Kier alpha value is -2.69. The zero-order chi connectivity index (χ0) is 13.2. The van der Waals surface area contributed by atoms with Gasteiger partial charge in [-0.05, 0) is 24.3 Å². The smallest absolute Gasteiger partial charge is 0.216 e. The first kappa shape index (κ1) is 11.4. The first-order valence-corrected chi connectivity index (χ1v) is 5.70. The van der Waals surface area contributed by atoms with Crippen LogP contribution in [0.5, 0.6) is 5.88 Å². The Kier molecular flexibility index (Phi) is 2.72. The van der Waals surface area contributed by atoms with Gasteiger partial charge in [-0.15, -0.1) is 0 Å². The van der Waals surface area contributed by atoms with Crippen LogP contribution in [0.4, 0.5) is 4.39 Å². The van der Waals surface area contributed by atoms with Crippen molar-refractivity contribution < 1.29 is 9.50 Å². The first-order chi connectivity index (χ1) is 9.24. The Morgan fingerprint density at radius 1 is 1.05 bits per heavy atom.